The molecule has 0 heterocycles. The van der Waals surface area contributed by atoms with Crippen molar-refractivity contribution >= 4 is 12.2 Å². The van der Waals surface area contributed by atoms with E-state index in [9.17, 15) is 9.59 Å². The molecule has 0 radical (unpaired) electrons. The van der Waals surface area contributed by atoms with Crippen LogP contribution in [-0.2, 0) is 20.9 Å². The number of aldehydes is 1. The third-order valence-corrected chi connectivity index (χ3v) is 5.19. The highest BCUT2D eigenvalue weighted by atomic mass is 16.5. The largest absolute Gasteiger partial charge is 0.373 e. The van der Waals surface area contributed by atoms with Gasteiger partial charge in [0.15, 0.2) is 0 Å². The Balaban J connectivity index is 1.97. The lowest BCUT2D eigenvalue weighted by Crippen LogP contribution is -2.27. The summed E-state index contributed by atoms with van der Waals surface area (Å²) in [7, 11) is 3.61. The number of allylic oxidation sites excluding steroid dienone is 1. The summed E-state index contributed by atoms with van der Waals surface area (Å²) >= 11 is 0. The third-order valence-electron chi connectivity index (χ3n) is 5.19. The normalized spacial score (nSPS) is 21.0. The van der Waals surface area contributed by atoms with Crippen molar-refractivity contribution in [1.29, 1.82) is 0 Å². The molecule has 4 heteroatoms. The van der Waals surface area contributed by atoms with Crippen LogP contribution in [0.4, 0.5) is 0 Å². The highest BCUT2D eigenvalue weighted by Crippen LogP contribution is 2.33. The summed E-state index contributed by atoms with van der Waals surface area (Å²) < 4.78 is 6.01. The molecule has 26 heavy (non-hydrogen) atoms. The monoisotopic (exact) mass is 357 g/mol. The van der Waals surface area contributed by atoms with Crippen LogP contribution in [-0.4, -0.2) is 37.3 Å². The minimum atomic E-state index is -0.0995. The van der Waals surface area contributed by atoms with Crippen LogP contribution in [0, 0.1) is 11.8 Å². The van der Waals surface area contributed by atoms with Crippen molar-refractivity contribution in [3.63, 3.8) is 0 Å². The predicted molar refractivity (Wildman–Crippen MR) is 104 cm³/mol. The van der Waals surface area contributed by atoms with Gasteiger partial charge in [0.25, 0.3) is 0 Å². The van der Waals surface area contributed by atoms with Gasteiger partial charge in [-0.1, -0.05) is 48.9 Å². The molecule has 0 saturated carbocycles. The topological polar surface area (TPSA) is 46.6 Å². The van der Waals surface area contributed by atoms with E-state index in [2.05, 4.69) is 13.0 Å². The van der Waals surface area contributed by atoms with Gasteiger partial charge in [-0.3, -0.25) is 4.79 Å². The van der Waals surface area contributed by atoms with E-state index in [4.69, 9.17) is 4.74 Å². The zero-order valence-electron chi connectivity index (χ0n) is 16.2. The van der Waals surface area contributed by atoms with E-state index in [1.54, 1.807) is 19.0 Å². The molecular formula is C22H31NO3. The van der Waals surface area contributed by atoms with E-state index in [-0.39, 0.29) is 17.9 Å². The lowest BCUT2D eigenvalue weighted by Gasteiger charge is -2.29. The molecule has 0 spiro atoms. The minimum absolute atomic E-state index is 0.0995. The lowest BCUT2D eigenvalue weighted by molar-refractivity contribution is -0.129. The Kier molecular flexibility index (Phi) is 8.05. The minimum Gasteiger partial charge on any atom is -0.373 e. The van der Waals surface area contributed by atoms with Crippen LogP contribution >= 0.6 is 0 Å². The van der Waals surface area contributed by atoms with Gasteiger partial charge in [-0.2, -0.15) is 0 Å². The zero-order chi connectivity index (χ0) is 18.9. The summed E-state index contributed by atoms with van der Waals surface area (Å²) in [6.45, 7) is 2.74. The second kappa shape index (κ2) is 10.3. The Morgan fingerprint density at radius 2 is 2.04 bits per heavy atom. The first-order chi connectivity index (χ1) is 12.5. The van der Waals surface area contributed by atoms with Crippen molar-refractivity contribution < 1.29 is 14.3 Å². The molecule has 0 unspecified atom stereocenters. The summed E-state index contributed by atoms with van der Waals surface area (Å²) in [6.07, 6.45) is 6.94. The number of hydrogen-bond donors (Lipinski definition) is 0. The number of rotatable bonds is 9. The van der Waals surface area contributed by atoms with Crippen molar-refractivity contribution in [3.8, 4) is 0 Å². The Hall–Kier alpha value is -1.94. The molecule has 0 N–H and O–H groups in total. The van der Waals surface area contributed by atoms with E-state index in [1.807, 2.05) is 30.3 Å². The molecule has 142 valence electrons. The van der Waals surface area contributed by atoms with Gasteiger partial charge >= 0.3 is 0 Å². The number of carbonyl (C=O) groups is 2. The van der Waals surface area contributed by atoms with Gasteiger partial charge in [-0.25, -0.2) is 0 Å². The molecule has 0 fully saturated rings. The van der Waals surface area contributed by atoms with E-state index in [0.717, 1.165) is 31.1 Å². The molecule has 2 rings (SSSR count). The molecule has 4 nitrogen and oxygen atoms in total. The first-order valence-corrected chi connectivity index (χ1v) is 9.48. The first-order valence-electron chi connectivity index (χ1n) is 9.48. The van der Waals surface area contributed by atoms with E-state index < -0.39 is 0 Å². The van der Waals surface area contributed by atoms with Crippen LogP contribution in [0.1, 0.15) is 44.6 Å². The lowest BCUT2D eigenvalue weighted by atomic mass is 9.78. The maximum absolute atomic E-state index is 12.1. The number of amides is 1. The number of benzene rings is 1. The molecular weight excluding hydrogens is 326 g/mol. The molecule has 3 atom stereocenters. The fraction of sp³-hybridized carbons (Fsp3) is 0.545. The standard InChI is InChI=1S/C22H31NO3/c1-17-9-10-19(13-20(17)15-22(25)23(2)3)14-21(11-12-24)26-16-18-7-5-4-6-8-18/h4-8,12-13,17,20-21H,9-11,14-16H2,1-3H3/t17-,20-,21-/m0/s1. The Labute approximate surface area is 157 Å². The zero-order valence-corrected chi connectivity index (χ0v) is 16.2. The van der Waals surface area contributed by atoms with Gasteiger partial charge in [0.2, 0.25) is 5.91 Å². The second-order valence-electron chi connectivity index (χ2n) is 7.52. The predicted octanol–water partition coefficient (Wildman–Crippen LogP) is 4.00. The van der Waals surface area contributed by atoms with Crippen molar-refractivity contribution in [2.75, 3.05) is 14.1 Å². The molecule has 0 saturated heterocycles. The van der Waals surface area contributed by atoms with Crippen LogP contribution < -0.4 is 0 Å². The molecule has 0 aromatic heterocycles. The van der Waals surface area contributed by atoms with E-state index >= 15 is 0 Å². The van der Waals surface area contributed by atoms with Crippen LogP contribution in [0.25, 0.3) is 0 Å². The SMILES string of the molecule is C[C@H]1CCC(C[C@H](CC=O)OCc2ccccc2)=C[C@H]1CC(=O)N(C)C. The maximum Gasteiger partial charge on any atom is 0.222 e. The van der Waals surface area contributed by atoms with E-state index in [1.165, 1.54) is 5.57 Å². The van der Waals surface area contributed by atoms with E-state index in [0.29, 0.717) is 25.4 Å². The van der Waals surface area contributed by atoms with Crippen molar-refractivity contribution in [2.45, 2.75) is 51.7 Å². The molecule has 0 aliphatic heterocycles. The number of nitrogens with zero attached hydrogens (tertiary/aromatic N) is 1. The summed E-state index contributed by atoms with van der Waals surface area (Å²) in [6, 6.07) is 10.0. The smallest absolute Gasteiger partial charge is 0.222 e. The van der Waals surface area contributed by atoms with Crippen LogP contribution in [0.2, 0.25) is 0 Å². The maximum atomic E-state index is 12.1. The highest BCUT2D eigenvalue weighted by molar-refractivity contribution is 5.76. The Morgan fingerprint density at radius 3 is 2.69 bits per heavy atom. The average Bonchev–Trinajstić information content (AvgIpc) is 2.63. The van der Waals surface area contributed by atoms with Gasteiger partial charge in [-0.15, -0.1) is 0 Å². The molecule has 1 aromatic carbocycles. The fourth-order valence-corrected chi connectivity index (χ4v) is 3.39. The Morgan fingerprint density at radius 1 is 1.31 bits per heavy atom. The Bertz CT molecular complexity index is 609. The van der Waals surface area contributed by atoms with Crippen molar-refractivity contribution in [1.82, 2.24) is 4.90 Å². The van der Waals surface area contributed by atoms with Gasteiger partial charge in [-0.05, 0) is 36.7 Å². The second-order valence-corrected chi connectivity index (χ2v) is 7.52. The summed E-state index contributed by atoms with van der Waals surface area (Å²) in [5, 5.41) is 0. The van der Waals surface area contributed by atoms with Gasteiger partial charge in [0, 0.05) is 26.9 Å². The molecule has 1 amide bonds. The van der Waals surface area contributed by atoms with Crippen LogP contribution in [0.5, 0.6) is 0 Å². The quantitative estimate of drug-likeness (QED) is 0.496. The first kappa shape index (κ1) is 20.4. The van der Waals surface area contributed by atoms with Gasteiger partial charge in [0.1, 0.15) is 6.29 Å². The highest BCUT2D eigenvalue weighted by Gasteiger charge is 2.25. The van der Waals surface area contributed by atoms with Gasteiger partial charge < -0.3 is 14.4 Å². The number of hydrogen-bond acceptors (Lipinski definition) is 3. The van der Waals surface area contributed by atoms with Crippen molar-refractivity contribution in [3.05, 3.63) is 47.5 Å². The number of ether oxygens (including phenoxy) is 1. The summed E-state index contributed by atoms with van der Waals surface area (Å²) in [5.74, 6) is 0.959. The molecule has 1 aromatic rings. The molecule has 1 aliphatic rings. The molecule has 0 bridgehead atoms. The summed E-state index contributed by atoms with van der Waals surface area (Å²) in [4.78, 5) is 24.8. The fourth-order valence-electron chi connectivity index (χ4n) is 3.39. The third kappa shape index (κ3) is 6.41. The van der Waals surface area contributed by atoms with Crippen LogP contribution in [0.3, 0.4) is 0 Å². The molecule has 1 aliphatic carbocycles. The van der Waals surface area contributed by atoms with Crippen molar-refractivity contribution in [2.24, 2.45) is 11.8 Å². The van der Waals surface area contributed by atoms with Gasteiger partial charge in [0.05, 0.1) is 12.7 Å². The average molecular weight is 357 g/mol. The number of carbonyl (C=O) groups excluding carboxylic acids is 2. The summed E-state index contributed by atoms with van der Waals surface area (Å²) in [5.41, 5.74) is 2.43. The van der Waals surface area contributed by atoms with Crippen LogP contribution in [0.15, 0.2) is 42.0 Å².